The standard InChI is InChI=1S/C12H27N3/c1-9(12(4)13)6-15-7-10(2)14(5)11(3)8-15/h9-12H,6-8,13H2,1-5H3. The molecule has 90 valence electrons. The van der Waals surface area contributed by atoms with Crippen LogP contribution in [0.5, 0.6) is 0 Å². The van der Waals surface area contributed by atoms with Gasteiger partial charge in [-0.1, -0.05) is 6.92 Å². The Hall–Kier alpha value is -0.120. The smallest absolute Gasteiger partial charge is 0.0195 e. The summed E-state index contributed by atoms with van der Waals surface area (Å²) in [7, 11) is 2.22. The van der Waals surface area contributed by atoms with Crippen LogP contribution < -0.4 is 5.73 Å². The van der Waals surface area contributed by atoms with Crippen molar-refractivity contribution >= 4 is 0 Å². The van der Waals surface area contributed by atoms with E-state index >= 15 is 0 Å². The zero-order chi connectivity index (χ0) is 11.6. The van der Waals surface area contributed by atoms with E-state index in [-0.39, 0.29) is 0 Å². The number of piperazine rings is 1. The van der Waals surface area contributed by atoms with Crippen LogP contribution in [-0.2, 0) is 0 Å². The van der Waals surface area contributed by atoms with Crippen molar-refractivity contribution in [1.29, 1.82) is 0 Å². The molecule has 1 aliphatic rings. The normalized spacial score (nSPS) is 34.0. The minimum absolute atomic E-state index is 0.301. The molecular formula is C12H27N3. The Morgan fingerprint density at radius 3 is 2.07 bits per heavy atom. The van der Waals surface area contributed by atoms with E-state index in [0.29, 0.717) is 24.0 Å². The number of nitrogens with two attached hydrogens (primary N) is 1. The Morgan fingerprint density at radius 1 is 1.20 bits per heavy atom. The summed E-state index contributed by atoms with van der Waals surface area (Å²) in [6, 6.07) is 1.62. The van der Waals surface area contributed by atoms with Crippen LogP contribution in [0.3, 0.4) is 0 Å². The second kappa shape index (κ2) is 5.28. The van der Waals surface area contributed by atoms with E-state index in [0.717, 1.165) is 6.54 Å². The van der Waals surface area contributed by atoms with E-state index in [1.165, 1.54) is 13.1 Å². The fraction of sp³-hybridized carbons (Fsp3) is 1.00. The van der Waals surface area contributed by atoms with Crippen LogP contribution >= 0.6 is 0 Å². The lowest BCUT2D eigenvalue weighted by atomic mass is 10.0. The highest BCUT2D eigenvalue weighted by atomic mass is 15.3. The predicted octanol–water partition coefficient (Wildman–Crippen LogP) is 0.994. The number of hydrogen-bond donors (Lipinski definition) is 1. The zero-order valence-electron chi connectivity index (χ0n) is 10.9. The van der Waals surface area contributed by atoms with Crippen LogP contribution in [0.4, 0.5) is 0 Å². The van der Waals surface area contributed by atoms with Crippen molar-refractivity contribution in [2.75, 3.05) is 26.7 Å². The molecule has 0 aromatic rings. The van der Waals surface area contributed by atoms with E-state index in [1.807, 2.05) is 0 Å². The van der Waals surface area contributed by atoms with Gasteiger partial charge in [-0.3, -0.25) is 9.80 Å². The molecule has 0 radical (unpaired) electrons. The first-order valence-corrected chi connectivity index (χ1v) is 6.11. The van der Waals surface area contributed by atoms with E-state index in [2.05, 4.69) is 44.5 Å². The Morgan fingerprint density at radius 2 is 1.67 bits per heavy atom. The van der Waals surface area contributed by atoms with Crippen molar-refractivity contribution in [3.63, 3.8) is 0 Å². The summed E-state index contributed by atoms with van der Waals surface area (Å²) in [5, 5.41) is 0. The molecule has 1 heterocycles. The molecule has 0 amide bonds. The summed E-state index contributed by atoms with van der Waals surface area (Å²) >= 11 is 0. The van der Waals surface area contributed by atoms with E-state index < -0.39 is 0 Å². The maximum absolute atomic E-state index is 5.91. The Labute approximate surface area is 94.6 Å². The van der Waals surface area contributed by atoms with Crippen molar-refractivity contribution in [2.24, 2.45) is 11.7 Å². The molecule has 0 aromatic carbocycles. The first-order chi connectivity index (χ1) is 6.91. The third-order valence-corrected chi connectivity index (χ3v) is 3.88. The van der Waals surface area contributed by atoms with Crippen LogP contribution in [-0.4, -0.2) is 54.6 Å². The minimum Gasteiger partial charge on any atom is -0.328 e. The summed E-state index contributed by atoms with van der Waals surface area (Å²) in [6.45, 7) is 12.5. The Kier molecular flexibility index (Phi) is 4.56. The minimum atomic E-state index is 0.301. The highest BCUT2D eigenvalue weighted by molar-refractivity contribution is 4.84. The summed E-state index contributed by atoms with van der Waals surface area (Å²) in [5.41, 5.74) is 5.91. The maximum Gasteiger partial charge on any atom is 0.0195 e. The van der Waals surface area contributed by atoms with Crippen LogP contribution in [0, 0.1) is 5.92 Å². The molecule has 3 heteroatoms. The van der Waals surface area contributed by atoms with Crippen LogP contribution in [0.15, 0.2) is 0 Å². The molecule has 3 nitrogen and oxygen atoms in total. The first kappa shape index (κ1) is 12.9. The largest absolute Gasteiger partial charge is 0.328 e. The van der Waals surface area contributed by atoms with Crippen LogP contribution in [0.1, 0.15) is 27.7 Å². The fourth-order valence-corrected chi connectivity index (χ4v) is 2.24. The predicted molar refractivity (Wildman–Crippen MR) is 65.9 cm³/mol. The van der Waals surface area contributed by atoms with E-state index in [1.54, 1.807) is 0 Å². The monoisotopic (exact) mass is 213 g/mol. The quantitative estimate of drug-likeness (QED) is 0.759. The average Bonchev–Trinajstić information content (AvgIpc) is 2.13. The number of rotatable bonds is 3. The van der Waals surface area contributed by atoms with Crippen molar-refractivity contribution in [2.45, 2.75) is 45.8 Å². The summed E-state index contributed by atoms with van der Waals surface area (Å²) < 4.78 is 0. The Bertz CT molecular complexity index is 181. The molecule has 0 spiro atoms. The molecule has 0 bridgehead atoms. The lowest BCUT2D eigenvalue weighted by molar-refractivity contribution is 0.0504. The second-order valence-electron chi connectivity index (χ2n) is 5.42. The summed E-state index contributed by atoms with van der Waals surface area (Å²) in [5.74, 6) is 0.591. The summed E-state index contributed by atoms with van der Waals surface area (Å²) in [4.78, 5) is 5.02. The highest BCUT2D eigenvalue weighted by Gasteiger charge is 2.27. The van der Waals surface area contributed by atoms with Gasteiger partial charge in [0.25, 0.3) is 0 Å². The molecule has 0 aliphatic carbocycles. The third-order valence-electron chi connectivity index (χ3n) is 3.88. The lowest BCUT2D eigenvalue weighted by Gasteiger charge is -2.43. The molecule has 1 fully saturated rings. The molecule has 2 N–H and O–H groups in total. The van der Waals surface area contributed by atoms with Crippen molar-refractivity contribution < 1.29 is 0 Å². The molecule has 1 rings (SSSR count). The van der Waals surface area contributed by atoms with Crippen LogP contribution in [0.25, 0.3) is 0 Å². The number of likely N-dealkylation sites (N-methyl/N-ethyl adjacent to an activating group) is 1. The third kappa shape index (κ3) is 3.44. The van der Waals surface area contributed by atoms with Crippen molar-refractivity contribution in [3.05, 3.63) is 0 Å². The summed E-state index contributed by atoms with van der Waals surface area (Å²) in [6.07, 6.45) is 0. The van der Waals surface area contributed by atoms with Gasteiger partial charge in [0, 0.05) is 37.8 Å². The van der Waals surface area contributed by atoms with Crippen LogP contribution in [0.2, 0.25) is 0 Å². The number of nitrogens with zero attached hydrogens (tertiary/aromatic N) is 2. The highest BCUT2D eigenvalue weighted by Crippen LogP contribution is 2.15. The molecular weight excluding hydrogens is 186 g/mol. The molecule has 4 unspecified atom stereocenters. The average molecular weight is 213 g/mol. The second-order valence-corrected chi connectivity index (χ2v) is 5.42. The maximum atomic E-state index is 5.91. The SMILES string of the molecule is CC(N)C(C)CN1CC(C)N(C)C(C)C1. The van der Waals surface area contributed by atoms with Crippen molar-refractivity contribution in [3.8, 4) is 0 Å². The van der Waals surface area contributed by atoms with Gasteiger partial charge in [0.05, 0.1) is 0 Å². The lowest BCUT2D eigenvalue weighted by Crippen LogP contribution is -2.56. The van der Waals surface area contributed by atoms with Crippen molar-refractivity contribution in [1.82, 2.24) is 9.80 Å². The topological polar surface area (TPSA) is 32.5 Å². The van der Waals surface area contributed by atoms with Gasteiger partial charge in [-0.25, -0.2) is 0 Å². The van der Waals surface area contributed by atoms with Gasteiger partial charge >= 0.3 is 0 Å². The number of hydrogen-bond acceptors (Lipinski definition) is 3. The molecule has 15 heavy (non-hydrogen) atoms. The van der Waals surface area contributed by atoms with Gasteiger partial charge in [0.15, 0.2) is 0 Å². The van der Waals surface area contributed by atoms with E-state index in [9.17, 15) is 0 Å². The van der Waals surface area contributed by atoms with Gasteiger partial charge < -0.3 is 5.73 Å². The fourth-order valence-electron chi connectivity index (χ4n) is 2.24. The molecule has 1 saturated heterocycles. The Balaban J connectivity index is 2.44. The molecule has 4 atom stereocenters. The van der Waals surface area contributed by atoms with Gasteiger partial charge in [-0.15, -0.1) is 0 Å². The van der Waals surface area contributed by atoms with Gasteiger partial charge in [-0.05, 0) is 33.7 Å². The van der Waals surface area contributed by atoms with Gasteiger partial charge in [0.2, 0.25) is 0 Å². The molecule has 1 aliphatic heterocycles. The van der Waals surface area contributed by atoms with Gasteiger partial charge in [-0.2, -0.15) is 0 Å². The van der Waals surface area contributed by atoms with E-state index in [4.69, 9.17) is 5.73 Å². The van der Waals surface area contributed by atoms with Gasteiger partial charge in [0.1, 0.15) is 0 Å². The zero-order valence-corrected chi connectivity index (χ0v) is 10.9. The molecule has 0 aromatic heterocycles. The first-order valence-electron chi connectivity index (χ1n) is 6.11. The molecule has 0 saturated carbocycles.